The fourth-order valence-electron chi connectivity index (χ4n) is 4.34. The van der Waals surface area contributed by atoms with Crippen LogP contribution in [0.1, 0.15) is 60.7 Å². The summed E-state index contributed by atoms with van der Waals surface area (Å²) in [5.41, 5.74) is 0.651. The molecule has 0 bridgehead atoms. The maximum atomic E-state index is 12.7. The largest absolute Gasteiger partial charge is 0.337 e. The van der Waals surface area contributed by atoms with Crippen LogP contribution in [0.15, 0.2) is 12.3 Å². The molecule has 146 valence electrons. The highest BCUT2D eigenvalue weighted by molar-refractivity contribution is 5.92. The molecule has 2 aromatic heterocycles. The Labute approximate surface area is 160 Å². The van der Waals surface area contributed by atoms with Crippen LogP contribution in [-0.4, -0.2) is 66.4 Å². The van der Waals surface area contributed by atoms with Crippen molar-refractivity contribution in [3.8, 4) is 0 Å². The summed E-state index contributed by atoms with van der Waals surface area (Å²) in [6, 6.07) is 1.78. The number of hydrogen-bond acceptors (Lipinski definition) is 5. The SMILES string of the molecule is CCn1c(CN2CCCC2)nnc1C1CCN(C(=O)c2ccnn2C)CC1. The predicted molar refractivity (Wildman–Crippen MR) is 101 cm³/mol. The molecule has 8 nitrogen and oxygen atoms in total. The molecule has 0 saturated carbocycles. The molecule has 4 heterocycles. The maximum absolute atomic E-state index is 12.7. The van der Waals surface area contributed by atoms with Crippen LogP contribution in [0.5, 0.6) is 0 Å². The quantitative estimate of drug-likeness (QED) is 0.799. The summed E-state index contributed by atoms with van der Waals surface area (Å²) in [6.07, 6.45) is 6.12. The monoisotopic (exact) mass is 371 g/mol. The van der Waals surface area contributed by atoms with E-state index in [0.29, 0.717) is 11.6 Å². The van der Waals surface area contributed by atoms with Crippen LogP contribution in [-0.2, 0) is 20.1 Å². The summed E-state index contributed by atoms with van der Waals surface area (Å²) in [5.74, 6) is 2.63. The molecular formula is C19H29N7O. The molecular weight excluding hydrogens is 342 g/mol. The highest BCUT2D eigenvalue weighted by atomic mass is 16.2. The van der Waals surface area contributed by atoms with Gasteiger partial charge in [0.15, 0.2) is 0 Å². The minimum atomic E-state index is 0.0696. The minimum Gasteiger partial charge on any atom is -0.337 e. The Morgan fingerprint density at radius 1 is 1.15 bits per heavy atom. The van der Waals surface area contributed by atoms with Gasteiger partial charge in [-0.05, 0) is 51.8 Å². The van der Waals surface area contributed by atoms with E-state index in [1.54, 1.807) is 16.9 Å². The van der Waals surface area contributed by atoms with Crippen molar-refractivity contribution >= 4 is 5.91 Å². The van der Waals surface area contributed by atoms with Crippen molar-refractivity contribution in [3.05, 3.63) is 29.6 Å². The van der Waals surface area contributed by atoms with Gasteiger partial charge in [-0.1, -0.05) is 0 Å². The molecule has 0 atom stereocenters. The lowest BCUT2D eigenvalue weighted by Gasteiger charge is -2.31. The number of carbonyl (C=O) groups is 1. The van der Waals surface area contributed by atoms with Gasteiger partial charge < -0.3 is 9.47 Å². The topological polar surface area (TPSA) is 72.1 Å². The molecule has 0 aromatic carbocycles. The van der Waals surface area contributed by atoms with Crippen LogP contribution in [0.25, 0.3) is 0 Å². The van der Waals surface area contributed by atoms with Crippen molar-refractivity contribution in [3.63, 3.8) is 0 Å². The molecule has 0 N–H and O–H groups in total. The van der Waals surface area contributed by atoms with E-state index in [-0.39, 0.29) is 5.91 Å². The van der Waals surface area contributed by atoms with Crippen molar-refractivity contribution in [1.29, 1.82) is 0 Å². The number of hydrogen-bond donors (Lipinski definition) is 0. The normalized spacial score (nSPS) is 19.1. The van der Waals surface area contributed by atoms with Gasteiger partial charge in [0.1, 0.15) is 17.3 Å². The van der Waals surface area contributed by atoms with E-state index in [4.69, 9.17) is 0 Å². The van der Waals surface area contributed by atoms with Crippen LogP contribution in [0.4, 0.5) is 0 Å². The molecule has 4 rings (SSSR count). The first-order valence-corrected chi connectivity index (χ1v) is 10.1. The van der Waals surface area contributed by atoms with Gasteiger partial charge in [-0.25, -0.2) is 0 Å². The van der Waals surface area contributed by atoms with E-state index in [0.717, 1.165) is 50.7 Å². The van der Waals surface area contributed by atoms with E-state index < -0.39 is 0 Å². The standard InChI is InChI=1S/C19H29N7O/c1-3-26-17(14-24-10-4-5-11-24)21-22-18(26)15-7-12-25(13-8-15)19(27)16-6-9-20-23(16)2/h6,9,15H,3-5,7-8,10-14H2,1-2H3. The Bertz CT molecular complexity index is 782. The number of carbonyl (C=O) groups excluding carboxylic acids is 1. The molecule has 2 aliphatic rings. The van der Waals surface area contributed by atoms with Crippen LogP contribution >= 0.6 is 0 Å². The van der Waals surface area contributed by atoms with E-state index >= 15 is 0 Å². The lowest BCUT2D eigenvalue weighted by molar-refractivity contribution is 0.0699. The first-order chi connectivity index (χ1) is 13.2. The molecule has 1 amide bonds. The van der Waals surface area contributed by atoms with Gasteiger partial charge in [0.05, 0.1) is 6.54 Å². The molecule has 2 fully saturated rings. The summed E-state index contributed by atoms with van der Waals surface area (Å²) in [5, 5.41) is 13.2. The van der Waals surface area contributed by atoms with Gasteiger partial charge in [-0.2, -0.15) is 5.10 Å². The van der Waals surface area contributed by atoms with Crippen molar-refractivity contribution < 1.29 is 4.79 Å². The van der Waals surface area contributed by atoms with Crippen molar-refractivity contribution in [2.75, 3.05) is 26.2 Å². The average Bonchev–Trinajstić information content (AvgIpc) is 3.43. The third-order valence-corrected chi connectivity index (χ3v) is 5.92. The number of amides is 1. The lowest BCUT2D eigenvalue weighted by Crippen LogP contribution is -2.39. The summed E-state index contributed by atoms with van der Waals surface area (Å²) >= 11 is 0. The second-order valence-corrected chi connectivity index (χ2v) is 7.61. The number of aryl methyl sites for hydroxylation is 1. The van der Waals surface area contributed by atoms with Gasteiger partial charge >= 0.3 is 0 Å². The highest BCUT2D eigenvalue weighted by Crippen LogP contribution is 2.28. The van der Waals surface area contributed by atoms with Crippen LogP contribution in [0.3, 0.4) is 0 Å². The third-order valence-electron chi connectivity index (χ3n) is 5.92. The van der Waals surface area contributed by atoms with Gasteiger partial charge in [-0.15, -0.1) is 10.2 Å². The summed E-state index contributed by atoms with van der Waals surface area (Å²) in [4.78, 5) is 17.1. The van der Waals surface area contributed by atoms with Gasteiger partial charge in [0.25, 0.3) is 5.91 Å². The van der Waals surface area contributed by atoms with Gasteiger partial charge in [0, 0.05) is 38.8 Å². The summed E-state index contributed by atoms with van der Waals surface area (Å²) in [7, 11) is 1.81. The molecule has 8 heteroatoms. The molecule has 2 saturated heterocycles. The second-order valence-electron chi connectivity index (χ2n) is 7.61. The number of nitrogens with zero attached hydrogens (tertiary/aromatic N) is 7. The molecule has 0 radical (unpaired) electrons. The van der Waals surface area contributed by atoms with E-state index in [1.165, 1.54) is 25.9 Å². The zero-order valence-electron chi connectivity index (χ0n) is 16.3. The van der Waals surface area contributed by atoms with E-state index in [2.05, 4.69) is 31.7 Å². The second kappa shape index (κ2) is 7.80. The predicted octanol–water partition coefficient (Wildman–Crippen LogP) is 1.65. The Morgan fingerprint density at radius 2 is 1.89 bits per heavy atom. The Balaban J connectivity index is 1.41. The van der Waals surface area contributed by atoms with E-state index in [9.17, 15) is 4.79 Å². The first kappa shape index (κ1) is 18.2. The van der Waals surface area contributed by atoms with Crippen molar-refractivity contribution in [1.82, 2.24) is 34.3 Å². The Hall–Kier alpha value is -2.22. The third kappa shape index (κ3) is 3.63. The number of aromatic nitrogens is 5. The molecule has 2 aromatic rings. The minimum absolute atomic E-state index is 0.0696. The Kier molecular flexibility index (Phi) is 5.24. The fourth-order valence-corrected chi connectivity index (χ4v) is 4.34. The number of rotatable bonds is 5. The van der Waals surface area contributed by atoms with E-state index in [1.807, 2.05) is 11.9 Å². The maximum Gasteiger partial charge on any atom is 0.272 e. The zero-order chi connectivity index (χ0) is 18.8. The van der Waals surface area contributed by atoms with Crippen LogP contribution in [0.2, 0.25) is 0 Å². The summed E-state index contributed by atoms with van der Waals surface area (Å²) in [6.45, 7) is 7.82. The average molecular weight is 371 g/mol. The summed E-state index contributed by atoms with van der Waals surface area (Å²) < 4.78 is 3.94. The zero-order valence-corrected chi connectivity index (χ0v) is 16.3. The van der Waals surface area contributed by atoms with Gasteiger partial charge in [0.2, 0.25) is 0 Å². The Morgan fingerprint density at radius 3 is 2.52 bits per heavy atom. The molecule has 0 unspecified atom stereocenters. The lowest BCUT2D eigenvalue weighted by atomic mass is 9.95. The molecule has 2 aliphatic heterocycles. The van der Waals surface area contributed by atoms with Crippen molar-refractivity contribution in [2.45, 2.75) is 51.6 Å². The molecule has 0 aliphatic carbocycles. The molecule has 27 heavy (non-hydrogen) atoms. The fraction of sp³-hybridized carbons (Fsp3) is 0.684. The molecule has 0 spiro atoms. The van der Waals surface area contributed by atoms with Crippen molar-refractivity contribution in [2.24, 2.45) is 7.05 Å². The first-order valence-electron chi connectivity index (χ1n) is 10.1. The van der Waals surface area contributed by atoms with Crippen LogP contribution in [0, 0.1) is 0 Å². The number of piperidine rings is 1. The van der Waals surface area contributed by atoms with Gasteiger partial charge in [-0.3, -0.25) is 14.4 Å². The highest BCUT2D eigenvalue weighted by Gasteiger charge is 2.29. The number of likely N-dealkylation sites (tertiary alicyclic amines) is 2. The van der Waals surface area contributed by atoms with Crippen LogP contribution < -0.4 is 0 Å². The smallest absolute Gasteiger partial charge is 0.272 e.